The molecule has 0 aromatic rings. The van der Waals surface area contributed by atoms with Crippen LogP contribution in [0.1, 0.15) is 6.92 Å². The van der Waals surface area contributed by atoms with Crippen LogP contribution in [0.4, 0.5) is 0 Å². The lowest BCUT2D eigenvalue weighted by Crippen LogP contribution is -2.31. The van der Waals surface area contributed by atoms with Gasteiger partial charge < -0.3 is 5.32 Å². The molecule has 1 fully saturated rings. The molecule has 0 bridgehead atoms. The molecule has 0 aliphatic carbocycles. The number of carbonyl (C=O) groups excluding carboxylic acids is 1. The zero-order valence-electron chi connectivity index (χ0n) is 5.92. The van der Waals surface area contributed by atoms with E-state index in [0.717, 1.165) is 6.54 Å². The predicted molar refractivity (Wildman–Crippen MR) is 35.5 cm³/mol. The number of hydroxylamine groups is 1. The lowest BCUT2D eigenvalue weighted by Gasteiger charge is -2.09. The van der Waals surface area contributed by atoms with Crippen LogP contribution in [-0.4, -0.2) is 24.2 Å². The second kappa shape index (κ2) is 2.98. The van der Waals surface area contributed by atoms with Crippen molar-refractivity contribution in [2.24, 2.45) is 11.8 Å². The van der Waals surface area contributed by atoms with E-state index >= 15 is 0 Å². The first-order chi connectivity index (χ1) is 4.75. The summed E-state index contributed by atoms with van der Waals surface area (Å²) >= 11 is 0. The van der Waals surface area contributed by atoms with Crippen LogP contribution in [0, 0.1) is 11.8 Å². The van der Waals surface area contributed by atoms with Crippen molar-refractivity contribution in [1.29, 1.82) is 0 Å². The van der Waals surface area contributed by atoms with E-state index in [9.17, 15) is 4.79 Å². The van der Waals surface area contributed by atoms with E-state index in [1.165, 1.54) is 0 Å². The molecule has 10 heavy (non-hydrogen) atoms. The molecular weight excluding hydrogens is 132 g/mol. The van der Waals surface area contributed by atoms with Gasteiger partial charge in [-0.15, -0.1) is 0 Å². The Kier molecular flexibility index (Phi) is 2.24. The molecule has 0 saturated carbocycles. The monoisotopic (exact) mass is 144 g/mol. The molecular formula is C6H12N2O2. The van der Waals surface area contributed by atoms with Gasteiger partial charge in [0.1, 0.15) is 0 Å². The normalized spacial score (nSPS) is 32.2. The van der Waals surface area contributed by atoms with Gasteiger partial charge in [-0.05, 0) is 12.5 Å². The SMILES string of the molecule is CC1CNCC1C(=O)NO. The Morgan fingerprint density at radius 1 is 1.70 bits per heavy atom. The molecule has 1 aliphatic heterocycles. The maximum atomic E-state index is 10.8. The molecule has 1 saturated heterocycles. The van der Waals surface area contributed by atoms with Gasteiger partial charge in [-0.25, -0.2) is 5.48 Å². The lowest BCUT2D eigenvalue weighted by molar-refractivity contribution is -0.133. The molecule has 0 aromatic heterocycles. The van der Waals surface area contributed by atoms with E-state index in [4.69, 9.17) is 5.21 Å². The van der Waals surface area contributed by atoms with E-state index in [1.54, 1.807) is 5.48 Å². The number of carbonyl (C=O) groups is 1. The van der Waals surface area contributed by atoms with Gasteiger partial charge in [0.2, 0.25) is 5.91 Å². The van der Waals surface area contributed by atoms with E-state index in [-0.39, 0.29) is 11.8 Å². The van der Waals surface area contributed by atoms with Gasteiger partial charge in [-0.2, -0.15) is 0 Å². The van der Waals surface area contributed by atoms with Crippen LogP contribution in [0.15, 0.2) is 0 Å². The summed E-state index contributed by atoms with van der Waals surface area (Å²) in [5, 5.41) is 11.4. The third kappa shape index (κ3) is 1.27. The topological polar surface area (TPSA) is 61.4 Å². The Labute approximate surface area is 59.6 Å². The molecule has 0 spiro atoms. The van der Waals surface area contributed by atoms with Gasteiger partial charge in [0, 0.05) is 6.54 Å². The summed E-state index contributed by atoms with van der Waals surface area (Å²) in [6, 6.07) is 0. The van der Waals surface area contributed by atoms with Crippen LogP contribution in [0.3, 0.4) is 0 Å². The number of hydrogen-bond donors (Lipinski definition) is 3. The van der Waals surface area contributed by atoms with Crippen molar-refractivity contribution in [1.82, 2.24) is 10.8 Å². The summed E-state index contributed by atoms with van der Waals surface area (Å²) < 4.78 is 0. The van der Waals surface area contributed by atoms with Crippen molar-refractivity contribution in [3.63, 3.8) is 0 Å². The van der Waals surface area contributed by atoms with Gasteiger partial charge in [0.05, 0.1) is 5.92 Å². The lowest BCUT2D eigenvalue weighted by atomic mass is 9.98. The predicted octanol–water partition coefficient (Wildman–Crippen LogP) is -0.653. The Balaban J connectivity index is 2.46. The molecule has 0 radical (unpaired) electrons. The molecule has 4 nitrogen and oxygen atoms in total. The largest absolute Gasteiger partial charge is 0.316 e. The smallest absolute Gasteiger partial charge is 0.248 e. The standard InChI is InChI=1S/C6H12N2O2/c1-4-2-7-3-5(4)6(9)8-10/h4-5,7,10H,2-3H2,1H3,(H,8,9). The van der Waals surface area contributed by atoms with Crippen molar-refractivity contribution in [3.8, 4) is 0 Å². The number of rotatable bonds is 1. The van der Waals surface area contributed by atoms with Crippen LogP contribution < -0.4 is 10.8 Å². The zero-order valence-corrected chi connectivity index (χ0v) is 5.92. The average Bonchev–Trinajstić information content (AvgIpc) is 2.34. The molecule has 3 N–H and O–H groups in total. The highest BCUT2D eigenvalue weighted by atomic mass is 16.5. The van der Waals surface area contributed by atoms with Crippen LogP contribution in [0.25, 0.3) is 0 Å². The van der Waals surface area contributed by atoms with Crippen LogP contribution >= 0.6 is 0 Å². The molecule has 1 heterocycles. The van der Waals surface area contributed by atoms with Crippen molar-refractivity contribution in [3.05, 3.63) is 0 Å². The highest BCUT2D eigenvalue weighted by molar-refractivity contribution is 5.78. The Hall–Kier alpha value is -0.610. The Morgan fingerprint density at radius 3 is 2.80 bits per heavy atom. The second-order valence-corrected chi connectivity index (χ2v) is 2.72. The fourth-order valence-corrected chi connectivity index (χ4v) is 1.24. The van der Waals surface area contributed by atoms with Gasteiger partial charge in [-0.3, -0.25) is 10.0 Å². The van der Waals surface area contributed by atoms with E-state index < -0.39 is 0 Å². The molecule has 1 rings (SSSR count). The molecule has 1 aliphatic rings. The van der Waals surface area contributed by atoms with E-state index in [2.05, 4.69) is 5.32 Å². The molecule has 4 heteroatoms. The summed E-state index contributed by atoms with van der Waals surface area (Å²) in [7, 11) is 0. The molecule has 58 valence electrons. The van der Waals surface area contributed by atoms with Crippen molar-refractivity contribution >= 4 is 5.91 Å². The first kappa shape index (κ1) is 7.50. The summed E-state index contributed by atoms with van der Waals surface area (Å²) in [5.41, 5.74) is 1.66. The van der Waals surface area contributed by atoms with Crippen LogP contribution in [-0.2, 0) is 4.79 Å². The van der Waals surface area contributed by atoms with Crippen LogP contribution in [0.2, 0.25) is 0 Å². The number of amides is 1. The quantitative estimate of drug-likeness (QED) is 0.338. The zero-order chi connectivity index (χ0) is 7.56. The van der Waals surface area contributed by atoms with Crippen molar-refractivity contribution in [2.45, 2.75) is 6.92 Å². The first-order valence-corrected chi connectivity index (χ1v) is 3.40. The fraction of sp³-hybridized carbons (Fsp3) is 0.833. The fourth-order valence-electron chi connectivity index (χ4n) is 1.24. The minimum Gasteiger partial charge on any atom is -0.316 e. The number of nitrogens with one attached hydrogen (secondary N) is 2. The summed E-state index contributed by atoms with van der Waals surface area (Å²) in [6.45, 7) is 3.52. The Morgan fingerprint density at radius 2 is 2.40 bits per heavy atom. The highest BCUT2D eigenvalue weighted by Crippen LogP contribution is 2.14. The third-order valence-corrected chi connectivity index (χ3v) is 1.96. The van der Waals surface area contributed by atoms with Gasteiger partial charge in [0.25, 0.3) is 0 Å². The minimum atomic E-state index is -0.280. The summed E-state index contributed by atoms with van der Waals surface area (Å²) in [6.07, 6.45) is 0. The highest BCUT2D eigenvalue weighted by Gasteiger charge is 2.28. The Bertz CT molecular complexity index is 138. The minimum absolute atomic E-state index is 0.0648. The van der Waals surface area contributed by atoms with E-state index in [1.807, 2.05) is 6.92 Å². The van der Waals surface area contributed by atoms with Gasteiger partial charge >= 0.3 is 0 Å². The van der Waals surface area contributed by atoms with Crippen molar-refractivity contribution < 1.29 is 10.0 Å². The van der Waals surface area contributed by atoms with Gasteiger partial charge in [-0.1, -0.05) is 6.92 Å². The number of hydrogen-bond acceptors (Lipinski definition) is 3. The van der Waals surface area contributed by atoms with Crippen LogP contribution in [0.5, 0.6) is 0 Å². The molecule has 0 aromatic carbocycles. The van der Waals surface area contributed by atoms with Gasteiger partial charge in [0.15, 0.2) is 0 Å². The molecule has 2 atom stereocenters. The van der Waals surface area contributed by atoms with E-state index in [0.29, 0.717) is 12.5 Å². The third-order valence-electron chi connectivity index (χ3n) is 1.96. The molecule has 1 amide bonds. The summed E-state index contributed by atoms with van der Waals surface area (Å²) in [4.78, 5) is 10.8. The first-order valence-electron chi connectivity index (χ1n) is 3.40. The maximum Gasteiger partial charge on any atom is 0.248 e. The second-order valence-electron chi connectivity index (χ2n) is 2.72. The molecule has 2 unspecified atom stereocenters. The van der Waals surface area contributed by atoms with Crippen molar-refractivity contribution in [2.75, 3.05) is 13.1 Å². The average molecular weight is 144 g/mol. The maximum absolute atomic E-state index is 10.8. The summed E-state index contributed by atoms with van der Waals surface area (Å²) in [5.74, 6) is -0.0188.